The first-order valence-corrected chi connectivity index (χ1v) is 10.2. The van der Waals surface area contributed by atoms with Crippen molar-refractivity contribution in [2.75, 3.05) is 12.3 Å². The SMILES string of the molecule is Cc1nc(C2CCC(CNC(=O)OCc3ccccc3)CC2)n2ccnc(N)c12. The number of aryl methyl sites for hydroxylation is 1. The second-order valence-electron chi connectivity index (χ2n) is 7.75. The number of hydrogen-bond donors (Lipinski definition) is 2. The molecule has 0 bridgehead atoms. The highest BCUT2D eigenvalue weighted by Gasteiger charge is 2.26. The molecule has 0 saturated heterocycles. The van der Waals surface area contributed by atoms with Gasteiger partial charge in [0, 0.05) is 24.9 Å². The molecule has 3 N–H and O–H groups in total. The van der Waals surface area contributed by atoms with Crippen LogP contribution in [0.15, 0.2) is 42.7 Å². The number of aromatic nitrogens is 3. The molecule has 2 aromatic heterocycles. The summed E-state index contributed by atoms with van der Waals surface area (Å²) in [6.45, 7) is 2.93. The van der Waals surface area contributed by atoms with E-state index in [9.17, 15) is 4.79 Å². The highest BCUT2D eigenvalue weighted by Crippen LogP contribution is 2.36. The van der Waals surface area contributed by atoms with Crippen LogP contribution in [0.25, 0.3) is 5.52 Å². The summed E-state index contributed by atoms with van der Waals surface area (Å²) < 4.78 is 7.38. The largest absolute Gasteiger partial charge is 0.445 e. The Morgan fingerprint density at radius 2 is 2.00 bits per heavy atom. The molecule has 7 heteroatoms. The third-order valence-corrected chi connectivity index (χ3v) is 5.74. The molecule has 0 unspecified atom stereocenters. The normalized spacial score (nSPS) is 19.2. The van der Waals surface area contributed by atoms with Gasteiger partial charge in [0.1, 0.15) is 23.8 Å². The van der Waals surface area contributed by atoms with E-state index in [2.05, 4.69) is 14.7 Å². The first-order valence-electron chi connectivity index (χ1n) is 10.2. The van der Waals surface area contributed by atoms with E-state index in [4.69, 9.17) is 15.5 Å². The number of anilines is 1. The number of carbonyl (C=O) groups is 1. The summed E-state index contributed by atoms with van der Waals surface area (Å²) in [5.41, 5.74) is 8.85. The Morgan fingerprint density at radius 1 is 1.24 bits per heavy atom. The average molecular weight is 393 g/mol. The molecule has 0 radical (unpaired) electrons. The number of nitrogens with two attached hydrogens (primary N) is 1. The van der Waals surface area contributed by atoms with Crippen molar-refractivity contribution in [3.05, 3.63) is 59.8 Å². The second kappa shape index (κ2) is 8.51. The van der Waals surface area contributed by atoms with Crippen molar-refractivity contribution in [1.29, 1.82) is 0 Å². The number of nitrogens with one attached hydrogen (secondary N) is 1. The van der Waals surface area contributed by atoms with Crippen molar-refractivity contribution in [3.8, 4) is 0 Å². The monoisotopic (exact) mass is 393 g/mol. The van der Waals surface area contributed by atoms with Crippen molar-refractivity contribution in [1.82, 2.24) is 19.7 Å². The molecule has 152 valence electrons. The molecule has 1 fully saturated rings. The van der Waals surface area contributed by atoms with Gasteiger partial charge in [-0.15, -0.1) is 0 Å². The van der Waals surface area contributed by atoms with Crippen LogP contribution in [0.1, 0.15) is 48.7 Å². The fraction of sp³-hybridized carbons (Fsp3) is 0.409. The van der Waals surface area contributed by atoms with Crippen molar-refractivity contribution in [2.45, 2.75) is 45.1 Å². The molecule has 0 spiro atoms. The van der Waals surface area contributed by atoms with E-state index in [0.29, 0.717) is 30.8 Å². The van der Waals surface area contributed by atoms with Gasteiger partial charge in [0.05, 0.1) is 5.69 Å². The molecular formula is C22H27N5O2. The Morgan fingerprint density at radius 3 is 2.76 bits per heavy atom. The van der Waals surface area contributed by atoms with Crippen LogP contribution in [-0.2, 0) is 11.3 Å². The predicted molar refractivity (Wildman–Crippen MR) is 111 cm³/mol. The van der Waals surface area contributed by atoms with Crippen LogP contribution in [0.4, 0.5) is 10.6 Å². The Hall–Kier alpha value is -3.09. The summed E-state index contributed by atoms with van der Waals surface area (Å²) >= 11 is 0. The molecular weight excluding hydrogens is 366 g/mol. The molecule has 1 amide bonds. The number of amides is 1. The lowest BCUT2D eigenvalue weighted by Gasteiger charge is -2.27. The third kappa shape index (κ3) is 4.34. The number of ether oxygens (including phenoxy) is 1. The number of carbonyl (C=O) groups excluding carboxylic acids is 1. The van der Waals surface area contributed by atoms with Crippen LogP contribution in [0.5, 0.6) is 0 Å². The van der Waals surface area contributed by atoms with Crippen molar-refractivity contribution >= 4 is 17.4 Å². The Bertz CT molecular complexity index is 978. The minimum Gasteiger partial charge on any atom is -0.445 e. The molecule has 1 aliphatic rings. The first kappa shape index (κ1) is 19.2. The molecule has 2 heterocycles. The van der Waals surface area contributed by atoms with Crippen molar-refractivity contribution in [3.63, 3.8) is 0 Å². The highest BCUT2D eigenvalue weighted by molar-refractivity contribution is 5.69. The lowest BCUT2D eigenvalue weighted by Crippen LogP contribution is -2.31. The summed E-state index contributed by atoms with van der Waals surface area (Å²) in [7, 11) is 0. The van der Waals surface area contributed by atoms with Gasteiger partial charge >= 0.3 is 6.09 Å². The average Bonchev–Trinajstić information content (AvgIpc) is 3.09. The lowest BCUT2D eigenvalue weighted by molar-refractivity contribution is 0.136. The molecule has 0 atom stereocenters. The third-order valence-electron chi connectivity index (χ3n) is 5.74. The van der Waals surface area contributed by atoms with Gasteiger partial charge in [-0.25, -0.2) is 14.8 Å². The highest BCUT2D eigenvalue weighted by atomic mass is 16.5. The Balaban J connectivity index is 1.27. The molecule has 7 nitrogen and oxygen atoms in total. The Labute approximate surface area is 170 Å². The van der Waals surface area contributed by atoms with Crippen LogP contribution in [0.2, 0.25) is 0 Å². The van der Waals surface area contributed by atoms with E-state index in [-0.39, 0.29) is 6.09 Å². The molecule has 4 rings (SSSR count). The number of fused-ring (bicyclic) bond motifs is 1. The van der Waals surface area contributed by atoms with Gasteiger partial charge in [-0.1, -0.05) is 30.3 Å². The molecule has 3 aromatic rings. The number of benzene rings is 1. The summed E-state index contributed by atoms with van der Waals surface area (Å²) in [5, 5.41) is 2.91. The standard InChI is InChI=1S/C22H27N5O2/c1-15-19-20(23)24-11-12-27(19)21(26-15)18-9-7-16(8-10-18)13-25-22(28)29-14-17-5-3-2-4-6-17/h2-6,11-12,16,18H,7-10,13-14H2,1H3,(H2,23,24)(H,25,28). The van der Waals surface area contributed by atoms with Gasteiger partial charge in [0.2, 0.25) is 0 Å². The molecule has 29 heavy (non-hydrogen) atoms. The summed E-state index contributed by atoms with van der Waals surface area (Å²) in [6, 6.07) is 9.70. The molecule has 1 aromatic carbocycles. The number of imidazole rings is 1. The maximum absolute atomic E-state index is 12.0. The van der Waals surface area contributed by atoms with E-state index in [1.807, 2.05) is 43.5 Å². The summed E-state index contributed by atoms with van der Waals surface area (Å²) in [5.74, 6) is 2.46. The van der Waals surface area contributed by atoms with Crippen LogP contribution in [0, 0.1) is 12.8 Å². The molecule has 1 aliphatic carbocycles. The van der Waals surface area contributed by atoms with Gasteiger partial charge in [0.15, 0.2) is 0 Å². The summed E-state index contributed by atoms with van der Waals surface area (Å²) in [6.07, 6.45) is 7.52. The number of nitrogens with zero attached hydrogens (tertiary/aromatic N) is 3. The van der Waals surface area contributed by atoms with E-state index in [1.54, 1.807) is 6.20 Å². The van der Waals surface area contributed by atoms with E-state index >= 15 is 0 Å². The fourth-order valence-corrected chi connectivity index (χ4v) is 4.18. The number of nitrogen functional groups attached to an aromatic ring is 1. The molecule has 1 saturated carbocycles. The number of alkyl carbamates (subject to hydrolysis) is 1. The van der Waals surface area contributed by atoms with E-state index < -0.39 is 0 Å². The second-order valence-corrected chi connectivity index (χ2v) is 7.75. The smallest absolute Gasteiger partial charge is 0.407 e. The van der Waals surface area contributed by atoms with Crippen LogP contribution < -0.4 is 11.1 Å². The van der Waals surface area contributed by atoms with Gasteiger partial charge < -0.3 is 15.8 Å². The van der Waals surface area contributed by atoms with E-state index in [1.165, 1.54) is 0 Å². The Kier molecular flexibility index (Phi) is 5.64. The zero-order valence-corrected chi connectivity index (χ0v) is 16.7. The lowest BCUT2D eigenvalue weighted by atomic mass is 9.81. The quantitative estimate of drug-likeness (QED) is 0.687. The first-order chi connectivity index (χ1) is 14.1. The minimum atomic E-state index is -0.353. The van der Waals surface area contributed by atoms with Crippen LogP contribution in [0.3, 0.4) is 0 Å². The van der Waals surface area contributed by atoms with Gasteiger partial charge in [0.25, 0.3) is 0 Å². The van der Waals surface area contributed by atoms with Gasteiger partial charge in [-0.3, -0.25) is 4.40 Å². The minimum absolute atomic E-state index is 0.295. The summed E-state index contributed by atoms with van der Waals surface area (Å²) in [4.78, 5) is 20.9. The number of hydrogen-bond acceptors (Lipinski definition) is 5. The number of rotatable bonds is 5. The van der Waals surface area contributed by atoms with Gasteiger partial charge in [-0.05, 0) is 44.1 Å². The van der Waals surface area contributed by atoms with Crippen LogP contribution >= 0.6 is 0 Å². The van der Waals surface area contributed by atoms with Gasteiger partial charge in [-0.2, -0.15) is 0 Å². The van der Waals surface area contributed by atoms with Crippen molar-refractivity contribution in [2.24, 2.45) is 5.92 Å². The zero-order valence-electron chi connectivity index (χ0n) is 16.7. The topological polar surface area (TPSA) is 94.5 Å². The fourth-order valence-electron chi connectivity index (χ4n) is 4.18. The molecule has 0 aliphatic heterocycles. The maximum Gasteiger partial charge on any atom is 0.407 e. The van der Waals surface area contributed by atoms with E-state index in [0.717, 1.165) is 48.3 Å². The van der Waals surface area contributed by atoms with Crippen molar-refractivity contribution < 1.29 is 9.53 Å². The predicted octanol–water partition coefficient (Wildman–Crippen LogP) is 3.82. The zero-order chi connectivity index (χ0) is 20.2. The van der Waals surface area contributed by atoms with Crippen LogP contribution in [-0.4, -0.2) is 27.0 Å². The maximum atomic E-state index is 12.0.